The summed E-state index contributed by atoms with van der Waals surface area (Å²) in [7, 11) is 0. The number of ether oxygens (including phenoxy) is 1. The zero-order valence-electron chi connectivity index (χ0n) is 7.89. The number of rotatable bonds is 3. The Bertz CT molecular complexity index is 449. The molecule has 0 aromatic carbocycles. The van der Waals surface area contributed by atoms with Gasteiger partial charge in [0.05, 0.1) is 0 Å². The van der Waals surface area contributed by atoms with Crippen molar-refractivity contribution in [2.75, 3.05) is 0 Å². The van der Waals surface area contributed by atoms with Crippen LogP contribution in [0, 0.1) is 5.95 Å². The van der Waals surface area contributed by atoms with Crippen LogP contribution in [0.25, 0.3) is 0 Å². The Balaban J connectivity index is 3.23. The highest BCUT2D eigenvalue weighted by Gasteiger charge is 2.33. The number of hydrogen-bond acceptors (Lipinski definition) is 3. The number of alkyl halides is 4. The summed E-state index contributed by atoms with van der Waals surface area (Å²) < 4.78 is 52.0. The van der Waals surface area contributed by atoms with Gasteiger partial charge in [-0.2, -0.15) is 4.39 Å². The molecule has 0 aliphatic carbocycles. The Morgan fingerprint density at radius 2 is 2.12 bits per heavy atom. The fourth-order valence-corrected chi connectivity index (χ4v) is 1.42. The zero-order chi connectivity index (χ0) is 13.2. The molecule has 9 heteroatoms. The average Bonchev–Trinajstić information content (AvgIpc) is 2.18. The van der Waals surface area contributed by atoms with Gasteiger partial charge in [0, 0.05) is 5.33 Å². The van der Waals surface area contributed by atoms with Crippen molar-refractivity contribution in [2.24, 2.45) is 0 Å². The molecule has 0 saturated heterocycles. The minimum absolute atomic E-state index is 0.101. The molecular formula is C8H4BrF4NO3. The molecule has 0 radical (unpaired) electrons. The molecule has 1 N–H and O–H groups in total. The minimum atomic E-state index is -5.07. The Morgan fingerprint density at radius 1 is 1.53 bits per heavy atom. The molecule has 4 nitrogen and oxygen atoms in total. The average molecular weight is 318 g/mol. The number of pyridine rings is 1. The van der Waals surface area contributed by atoms with E-state index in [9.17, 15) is 22.4 Å². The molecule has 0 aliphatic heterocycles. The maximum absolute atomic E-state index is 13.0. The van der Waals surface area contributed by atoms with Gasteiger partial charge in [-0.3, -0.25) is 0 Å². The molecule has 1 aromatic rings. The van der Waals surface area contributed by atoms with E-state index in [1.807, 2.05) is 0 Å². The molecule has 1 heterocycles. The number of nitrogens with zero attached hydrogens (tertiary/aromatic N) is 1. The van der Waals surface area contributed by atoms with Gasteiger partial charge in [0.2, 0.25) is 0 Å². The van der Waals surface area contributed by atoms with Crippen LogP contribution in [0.2, 0.25) is 0 Å². The van der Waals surface area contributed by atoms with Crippen LogP contribution in [0.4, 0.5) is 17.6 Å². The molecule has 0 aliphatic rings. The smallest absolute Gasteiger partial charge is 0.477 e. The van der Waals surface area contributed by atoms with Crippen molar-refractivity contribution in [3.63, 3.8) is 0 Å². The van der Waals surface area contributed by atoms with Gasteiger partial charge in [-0.1, -0.05) is 15.9 Å². The van der Waals surface area contributed by atoms with Gasteiger partial charge >= 0.3 is 12.3 Å². The molecule has 0 atom stereocenters. The standard InChI is InChI=1S/C8H4BrF4NO3/c9-2-3-1-4(17-8(11,12)13)6(10)14-5(3)7(15)16/h1H,2H2,(H,15,16). The van der Waals surface area contributed by atoms with E-state index in [-0.39, 0.29) is 10.9 Å². The topological polar surface area (TPSA) is 59.4 Å². The van der Waals surface area contributed by atoms with Gasteiger partial charge in [0.25, 0.3) is 5.95 Å². The number of hydrogen-bond donors (Lipinski definition) is 1. The molecule has 94 valence electrons. The van der Waals surface area contributed by atoms with Gasteiger partial charge in [0.1, 0.15) is 0 Å². The lowest BCUT2D eigenvalue weighted by molar-refractivity contribution is -0.275. The van der Waals surface area contributed by atoms with E-state index in [2.05, 4.69) is 25.7 Å². The lowest BCUT2D eigenvalue weighted by atomic mass is 10.2. The van der Waals surface area contributed by atoms with Crippen molar-refractivity contribution in [1.82, 2.24) is 4.98 Å². The van der Waals surface area contributed by atoms with Crippen molar-refractivity contribution in [3.05, 3.63) is 23.3 Å². The summed E-state index contributed by atoms with van der Waals surface area (Å²) in [5, 5.41) is 8.53. The third-order valence-electron chi connectivity index (χ3n) is 1.60. The Hall–Kier alpha value is -1.38. The van der Waals surface area contributed by atoms with Crippen LogP contribution in [-0.4, -0.2) is 22.4 Å². The molecule has 0 bridgehead atoms. The third kappa shape index (κ3) is 3.55. The summed E-state index contributed by atoms with van der Waals surface area (Å²) in [6.45, 7) is 0. The van der Waals surface area contributed by atoms with Gasteiger partial charge in [-0.25, -0.2) is 9.78 Å². The Kier molecular flexibility index (Phi) is 3.91. The molecule has 0 spiro atoms. The molecule has 0 fully saturated rings. The van der Waals surface area contributed by atoms with Crippen molar-refractivity contribution < 1.29 is 32.2 Å². The predicted octanol–water partition coefficient (Wildman–Crippen LogP) is 2.71. The Labute approximate surface area is 100 Å². The van der Waals surface area contributed by atoms with Gasteiger partial charge in [-0.05, 0) is 11.6 Å². The van der Waals surface area contributed by atoms with Crippen LogP contribution in [0.1, 0.15) is 16.1 Å². The lowest BCUT2D eigenvalue weighted by Crippen LogP contribution is -2.19. The van der Waals surface area contributed by atoms with Crippen molar-refractivity contribution in [2.45, 2.75) is 11.7 Å². The highest BCUT2D eigenvalue weighted by Crippen LogP contribution is 2.27. The Morgan fingerprint density at radius 3 is 2.53 bits per heavy atom. The molecular weight excluding hydrogens is 314 g/mol. The van der Waals surface area contributed by atoms with E-state index in [0.29, 0.717) is 6.07 Å². The molecule has 17 heavy (non-hydrogen) atoms. The van der Waals surface area contributed by atoms with Crippen LogP contribution in [0.5, 0.6) is 5.75 Å². The molecule has 0 saturated carbocycles. The van der Waals surface area contributed by atoms with E-state index in [1.165, 1.54) is 0 Å². The summed E-state index contributed by atoms with van der Waals surface area (Å²) >= 11 is 2.85. The summed E-state index contributed by atoms with van der Waals surface area (Å²) in [5.74, 6) is -4.35. The first-order valence-electron chi connectivity index (χ1n) is 3.99. The first-order chi connectivity index (χ1) is 7.74. The summed E-state index contributed by atoms with van der Waals surface area (Å²) in [6, 6.07) is 0.633. The van der Waals surface area contributed by atoms with Crippen molar-refractivity contribution in [3.8, 4) is 5.75 Å². The van der Waals surface area contributed by atoms with Crippen LogP contribution in [0.15, 0.2) is 6.07 Å². The highest BCUT2D eigenvalue weighted by atomic mass is 79.9. The second kappa shape index (κ2) is 4.86. The first-order valence-corrected chi connectivity index (χ1v) is 5.11. The van der Waals surface area contributed by atoms with Crippen LogP contribution < -0.4 is 4.74 Å². The van der Waals surface area contributed by atoms with E-state index >= 15 is 0 Å². The monoisotopic (exact) mass is 317 g/mol. The van der Waals surface area contributed by atoms with Gasteiger partial charge in [0.15, 0.2) is 11.4 Å². The summed E-state index contributed by atoms with van der Waals surface area (Å²) in [5.41, 5.74) is -0.799. The summed E-state index contributed by atoms with van der Waals surface area (Å²) in [4.78, 5) is 13.5. The molecule has 1 aromatic heterocycles. The van der Waals surface area contributed by atoms with Crippen LogP contribution >= 0.6 is 15.9 Å². The number of carboxylic acids is 1. The number of aromatic carboxylic acids is 1. The van der Waals surface area contributed by atoms with Crippen LogP contribution in [0.3, 0.4) is 0 Å². The van der Waals surface area contributed by atoms with Gasteiger partial charge < -0.3 is 9.84 Å². The van der Waals surface area contributed by atoms with E-state index in [4.69, 9.17) is 5.11 Å². The number of carboxylic acid groups (broad SMARTS) is 1. The third-order valence-corrected chi connectivity index (χ3v) is 2.20. The van der Waals surface area contributed by atoms with E-state index in [1.54, 1.807) is 0 Å². The van der Waals surface area contributed by atoms with Crippen molar-refractivity contribution in [1.29, 1.82) is 0 Å². The number of carbonyl (C=O) groups is 1. The highest BCUT2D eigenvalue weighted by molar-refractivity contribution is 9.08. The number of aromatic nitrogens is 1. The normalized spacial score (nSPS) is 11.4. The largest absolute Gasteiger partial charge is 0.573 e. The quantitative estimate of drug-likeness (QED) is 0.529. The fourth-order valence-electron chi connectivity index (χ4n) is 0.995. The minimum Gasteiger partial charge on any atom is -0.477 e. The summed E-state index contributed by atoms with van der Waals surface area (Å²) in [6.07, 6.45) is -5.07. The SMILES string of the molecule is O=C(O)c1nc(F)c(OC(F)(F)F)cc1CBr. The van der Waals surface area contributed by atoms with E-state index in [0.717, 1.165) is 0 Å². The maximum atomic E-state index is 13.0. The molecule has 0 amide bonds. The van der Waals surface area contributed by atoms with Gasteiger partial charge in [-0.15, -0.1) is 13.2 Å². The number of halogens is 5. The van der Waals surface area contributed by atoms with Crippen molar-refractivity contribution >= 4 is 21.9 Å². The second-order valence-corrected chi connectivity index (χ2v) is 3.33. The second-order valence-electron chi connectivity index (χ2n) is 2.77. The lowest BCUT2D eigenvalue weighted by Gasteiger charge is -2.11. The molecule has 1 rings (SSSR count). The predicted molar refractivity (Wildman–Crippen MR) is 50.5 cm³/mol. The zero-order valence-corrected chi connectivity index (χ0v) is 9.47. The first kappa shape index (κ1) is 13.7. The van der Waals surface area contributed by atoms with E-state index < -0.39 is 29.7 Å². The van der Waals surface area contributed by atoms with Crippen LogP contribution in [-0.2, 0) is 5.33 Å². The maximum Gasteiger partial charge on any atom is 0.573 e. The fraction of sp³-hybridized carbons (Fsp3) is 0.250. The molecule has 0 unspecified atom stereocenters.